The van der Waals surface area contributed by atoms with E-state index in [1.54, 1.807) is 24.5 Å². The normalized spacial score (nSPS) is 21.8. The fourth-order valence-electron chi connectivity index (χ4n) is 5.38. The first-order chi connectivity index (χ1) is 16.2. The van der Waals surface area contributed by atoms with Crippen LogP contribution in [0.1, 0.15) is 46.4 Å². The zero-order chi connectivity index (χ0) is 24.0. The van der Waals surface area contributed by atoms with Crippen molar-refractivity contribution in [3.05, 3.63) is 77.1 Å². The molecule has 0 N–H and O–H groups in total. The highest BCUT2D eigenvalue weighted by Gasteiger charge is 2.49. The lowest BCUT2D eigenvalue weighted by molar-refractivity contribution is -0.138. The van der Waals surface area contributed by atoms with E-state index in [0.29, 0.717) is 35.6 Å². The Morgan fingerprint density at radius 3 is 2.59 bits per heavy atom. The van der Waals surface area contributed by atoms with Gasteiger partial charge in [-0.25, -0.2) is 14.4 Å². The molecule has 0 saturated carbocycles. The number of halogens is 4. The van der Waals surface area contributed by atoms with Gasteiger partial charge in [-0.15, -0.1) is 0 Å². The average Bonchev–Trinajstić information content (AvgIpc) is 3.37. The highest BCUT2D eigenvalue weighted by atomic mass is 19.4. The molecule has 0 spiro atoms. The first-order valence-corrected chi connectivity index (χ1v) is 11.2. The molecule has 0 aliphatic carbocycles. The van der Waals surface area contributed by atoms with Gasteiger partial charge in [-0.05, 0) is 62.3 Å². The molecule has 34 heavy (non-hydrogen) atoms. The van der Waals surface area contributed by atoms with Crippen LogP contribution in [0.5, 0.6) is 0 Å². The summed E-state index contributed by atoms with van der Waals surface area (Å²) < 4.78 is 53.0. The number of rotatable bonds is 4. The second-order valence-corrected chi connectivity index (χ2v) is 8.93. The van der Waals surface area contributed by atoms with Crippen LogP contribution in [-0.4, -0.2) is 37.8 Å². The fourth-order valence-corrected chi connectivity index (χ4v) is 5.38. The molecular weight excluding hydrogens is 448 g/mol. The van der Waals surface area contributed by atoms with E-state index in [-0.39, 0.29) is 36.0 Å². The van der Waals surface area contributed by atoms with Gasteiger partial charge in [-0.1, -0.05) is 12.1 Å². The first kappa shape index (κ1) is 22.4. The Bertz CT molecular complexity index is 1230. The van der Waals surface area contributed by atoms with Crippen LogP contribution < -0.4 is 0 Å². The van der Waals surface area contributed by atoms with Crippen molar-refractivity contribution in [1.82, 2.24) is 19.9 Å². The third-order valence-electron chi connectivity index (χ3n) is 6.89. The lowest BCUT2D eigenvalue weighted by Gasteiger charge is -2.26. The fraction of sp³-hybridized carbons (Fsp3) is 0.360. The van der Waals surface area contributed by atoms with Crippen LogP contribution in [0, 0.1) is 18.7 Å². The number of aromatic nitrogens is 3. The summed E-state index contributed by atoms with van der Waals surface area (Å²) >= 11 is 0. The highest BCUT2D eigenvalue weighted by molar-refractivity contribution is 6.01. The van der Waals surface area contributed by atoms with Gasteiger partial charge >= 0.3 is 6.18 Å². The molecule has 2 fully saturated rings. The maximum Gasteiger partial charge on any atom is 0.417 e. The summed E-state index contributed by atoms with van der Waals surface area (Å²) in [7, 11) is 0. The van der Waals surface area contributed by atoms with E-state index < -0.39 is 17.6 Å². The van der Waals surface area contributed by atoms with Crippen molar-refractivity contribution in [3.8, 4) is 11.4 Å². The van der Waals surface area contributed by atoms with Gasteiger partial charge < -0.3 is 4.90 Å². The minimum atomic E-state index is -4.64. The zero-order valence-corrected chi connectivity index (χ0v) is 18.4. The summed E-state index contributed by atoms with van der Waals surface area (Å²) in [5.74, 6) is -0.676. The Labute approximate surface area is 193 Å². The standard InChI is InChI=1S/C25H22F4N4O/c1-14-4-2-5-18(22(14)23-30-8-3-9-31-23)24(34)33-17-6-7-21(33)15(10-17)11-20-19(26)12-16(13-32-20)25(27,28)29/h2-5,8-9,12-13,15,17,21H,6-7,10-11H2,1H3. The Morgan fingerprint density at radius 1 is 1.12 bits per heavy atom. The number of amides is 1. The number of hydrogen-bond donors (Lipinski definition) is 0. The monoisotopic (exact) mass is 470 g/mol. The number of benzene rings is 1. The predicted octanol–water partition coefficient (Wildman–Crippen LogP) is 5.24. The van der Waals surface area contributed by atoms with Crippen LogP contribution in [0.2, 0.25) is 0 Å². The van der Waals surface area contributed by atoms with E-state index in [2.05, 4.69) is 15.0 Å². The smallest absolute Gasteiger partial charge is 0.332 e. The first-order valence-electron chi connectivity index (χ1n) is 11.2. The lowest BCUT2D eigenvalue weighted by Crippen LogP contribution is -2.37. The maximum absolute atomic E-state index is 14.4. The SMILES string of the molecule is Cc1cccc(C(=O)N2C3CCC2C(Cc2ncc(C(F)(F)F)cc2F)C3)c1-c1ncccn1. The molecule has 2 aliphatic rings. The van der Waals surface area contributed by atoms with E-state index in [4.69, 9.17) is 0 Å². The van der Waals surface area contributed by atoms with E-state index in [1.807, 2.05) is 24.0 Å². The average molecular weight is 470 g/mol. The molecule has 1 amide bonds. The molecule has 3 atom stereocenters. The molecule has 2 aliphatic heterocycles. The topological polar surface area (TPSA) is 59.0 Å². The number of aryl methyl sites for hydroxylation is 1. The molecule has 2 aromatic heterocycles. The molecule has 9 heteroatoms. The minimum Gasteiger partial charge on any atom is -0.332 e. The molecule has 5 nitrogen and oxygen atoms in total. The van der Waals surface area contributed by atoms with Crippen LogP contribution in [0.4, 0.5) is 17.6 Å². The summed E-state index contributed by atoms with van der Waals surface area (Å²) in [5, 5.41) is 0. The maximum atomic E-state index is 14.4. The molecule has 1 aromatic carbocycles. The second kappa shape index (κ2) is 8.45. The quantitative estimate of drug-likeness (QED) is 0.490. The third-order valence-corrected chi connectivity index (χ3v) is 6.89. The van der Waals surface area contributed by atoms with E-state index in [9.17, 15) is 22.4 Å². The van der Waals surface area contributed by atoms with Crippen molar-refractivity contribution in [2.24, 2.45) is 5.92 Å². The van der Waals surface area contributed by atoms with Gasteiger partial charge in [0.05, 0.1) is 16.8 Å². The van der Waals surface area contributed by atoms with Crippen molar-refractivity contribution in [2.45, 2.75) is 50.9 Å². The largest absolute Gasteiger partial charge is 0.417 e. The Morgan fingerprint density at radius 2 is 1.88 bits per heavy atom. The number of carbonyl (C=O) groups is 1. The van der Waals surface area contributed by atoms with Crippen LogP contribution >= 0.6 is 0 Å². The number of pyridine rings is 1. The Kier molecular flexibility index (Phi) is 5.58. The van der Waals surface area contributed by atoms with Gasteiger partial charge in [0.1, 0.15) is 5.82 Å². The van der Waals surface area contributed by atoms with Crippen molar-refractivity contribution < 1.29 is 22.4 Å². The number of carbonyl (C=O) groups excluding carboxylic acids is 1. The molecule has 2 bridgehead atoms. The predicted molar refractivity (Wildman–Crippen MR) is 116 cm³/mol. The number of fused-ring (bicyclic) bond motifs is 2. The van der Waals surface area contributed by atoms with Crippen molar-refractivity contribution >= 4 is 5.91 Å². The van der Waals surface area contributed by atoms with Gasteiger partial charge in [0, 0.05) is 36.2 Å². The van der Waals surface area contributed by atoms with E-state index in [1.165, 1.54) is 0 Å². The zero-order valence-electron chi connectivity index (χ0n) is 18.4. The lowest BCUT2D eigenvalue weighted by atomic mass is 9.85. The van der Waals surface area contributed by atoms with Gasteiger partial charge in [-0.3, -0.25) is 9.78 Å². The molecule has 5 rings (SSSR count). The van der Waals surface area contributed by atoms with E-state index in [0.717, 1.165) is 18.4 Å². The summed E-state index contributed by atoms with van der Waals surface area (Å²) in [4.78, 5) is 28.0. The summed E-state index contributed by atoms with van der Waals surface area (Å²) in [5.41, 5.74) is 0.991. The van der Waals surface area contributed by atoms with Crippen LogP contribution in [0.15, 0.2) is 48.9 Å². The van der Waals surface area contributed by atoms with Crippen molar-refractivity contribution in [3.63, 3.8) is 0 Å². The summed E-state index contributed by atoms with van der Waals surface area (Å²) in [6.45, 7) is 1.91. The number of hydrogen-bond acceptors (Lipinski definition) is 4. The molecule has 3 aromatic rings. The van der Waals surface area contributed by atoms with Crippen molar-refractivity contribution in [2.75, 3.05) is 0 Å². The molecule has 176 valence electrons. The van der Waals surface area contributed by atoms with Crippen LogP contribution in [0.25, 0.3) is 11.4 Å². The molecule has 3 unspecified atom stereocenters. The molecule has 2 saturated heterocycles. The Hall–Kier alpha value is -3.36. The summed E-state index contributed by atoms with van der Waals surface area (Å²) in [6.07, 6.45) is 1.77. The van der Waals surface area contributed by atoms with Gasteiger partial charge in [0.25, 0.3) is 5.91 Å². The molecule has 4 heterocycles. The van der Waals surface area contributed by atoms with Crippen LogP contribution in [-0.2, 0) is 12.6 Å². The van der Waals surface area contributed by atoms with E-state index >= 15 is 0 Å². The van der Waals surface area contributed by atoms with Crippen LogP contribution in [0.3, 0.4) is 0 Å². The Balaban J connectivity index is 1.41. The molecular formula is C25H22F4N4O. The van der Waals surface area contributed by atoms with Gasteiger partial charge in [-0.2, -0.15) is 13.2 Å². The number of alkyl halides is 3. The van der Waals surface area contributed by atoms with Crippen molar-refractivity contribution in [1.29, 1.82) is 0 Å². The minimum absolute atomic E-state index is 0.00469. The second-order valence-electron chi connectivity index (χ2n) is 8.93. The summed E-state index contributed by atoms with van der Waals surface area (Å²) in [6, 6.07) is 7.59. The molecule has 0 radical (unpaired) electrons. The third kappa shape index (κ3) is 3.93. The van der Waals surface area contributed by atoms with Gasteiger partial charge in [0.15, 0.2) is 5.82 Å². The van der Waals surface area contributed by atoms with Gasteiger partial charge in [0.2, 0.25) is 0 Å². The number of nitrogens with zero attached hydrogens (tertiary/aromatic N) is 4. The highest BCUT2D eigenvalue weighted by Crippen LogP contribution is 2.44.